The van der Waals surface area contributed by atoms with Crippen LogP contribution in [0.4, 0.5) is 16.6 Å². The van der Waals surface area contributed by atoms with Crippen LogP contribution in [0.1, 0.15) is 37.5 Å². The number of aromatic nitrogens is 1. The topological polar surface area (TPSA) is 77.2 Å². The molecule has 1 aromatic heterocycles. The van der Waals surface area contributed by atoms with E-state index in [0.717, 1.165) is 27.9 Å². The van der Waals surface area contributed by atoms with Crippen LogP contribution in [0.2, 0.25) is 0 Å². The van der Waals surface area contributed by atoms with Crippen molar-refractivity contribution in [1.82, 2.24) is 4.98 Å². The quantitative estimate of drug-likeness (QED) is 0.612. The lowest BCUT2D eigenvalue weighted by Crippen LogP contribution is -2.05. The first-order chi connectivity index (χ1) is 12.8. The Morgan fingerprint density at radius 3 is 2.48 bits per heavy atom. The van der Waals surface area contributed by atoms with Gasteiger partial charge in [-0.15, -0.1) is 0 Å². The summed E-state index contributed by atoms with van der Waals surface area (Å²) >= 11 is 1.25. The number of ether oxygens (including phenoxy) is 1. The molecule has 0 spiro atoms. The minimum atomic E-state index is -0.102. The smallest absolute Gasteiger partial charge is 0.207 e. The van der Waals surface area contributed by atoms with Crippen molar-refractivity contribution in [3.63, 3.8) is 0 Å². The monoisotopic (exact) mass is 381 g/mol. The summed E-state index contributed by atoms with van der Waals surface area (Å²) in [6, 6.07) is 9.77. The van der Waals surface area contributed by atoms with Crippen LogP contribution >= 0.6 is 11.3 Å². The van der Waals surface area contributed by atoms with Gasteiger partial charge in [-0.05, 0) is 68.1 Å². The van der Waals surface area contributed by atoms with Gasteiger partial charge in [-0.25, -0.2) is 4.98 Å². The van der Waals surface area contributed by atoms with Gasteiger partial charge in [0.25, 0.3) is 0 Å². The molecule has 27 heavy (non-hydrogen) atoms. The number of nitrogens with zero attached hydrogens (tertiary/aromatic N) is 1. The molecule has 3 aromatic rings. The lowest BCUT2D eigenvalue weighted by atomic mass is 9.97. The molecule has 5 nitrogen and oxygen atoms in total. The van der Waals surface area contributed by atoms with Crippen molar-refractivity contribution in [2.75, 3.05) is 18.2 Å². The van der Waals surface area contributed by atoms with Crippen LogP contribution in [0.3, 0.4) is 0 Å². The molecule has 0 saturated heterocycles. The summed E-state index contributed by atoms with van der Waals surface area (Å²) in [5, 5.41) is 3.77. The van der Waals surface area contributed by atoms with E-state index in [9.17, 15) is 4.79 Å². The van der Waals surface area contributed by atoms with Gasteiger partial charge in [0, 0.05) is 5.56 Å². The van der Waals surface area contributed by atoms with E-state index in [0.29, 0.717) is 21.3 Å². The molecule has 0 aliphatic carbocycles. The van der Waals surface area contributed by atoms with E-state index in [1.54, 1.807) is 7.11 Å². The van der Waals surface area contributed by atoms with E-state index < -0.39 is 0 Å². The number of hydrogen-bond acceptors (Lipinski definition) is 6. The van der Waals surface area contributed by atoms with Crippen LogP contribution in [0.25, 0.3) is 0 Å². The molecule has 0 amide bonds. The maximum atomic E-state index is 13.0. The van der Waals surface area contributed by atoms with Gasteiger partial charge in [-0.2, -0.15) is 0 Å². The molecule has 0 atom stereocenters. The maximum Gasteiger partial charge on any atom is 0.207 e. The first-order valence-corrected chi connectivity index (χ1v) is 9.42. The number of nitrogens with two attached hydrogens (primary N) is 1. The van der Waals surface area contributed by atoms with Crippen molar-refractivity contribution in [2.24, 2.45) is 0 Å². The highest BCUT2D eigenvalue weighted by atomic mass is 32.1. The molecule has 6 heteroatoms. The van der Waals surface area contributed by atoms with Crippen LogP contribution in [0, 0.1) is 27.7 Å². The number of benzene rings is 2. The minimum Gasteiger partial charge on any atom is -0.495 e. The van der Waals surface area contributed by atoms with Gasteiger partial charge in [0.05, 0.1) is 12.8 Å². The lowest BCUT2D eigenvalue weighted by Gasteiger charge is -2.09. The summed E-state index contributed by atoms with van der Waals surface area (Å²) in [5.41, 5.74) is 11.8. The number of methoxy groups -OCH3 is 1. The molecule has 0 saturated carbocycles. The molecule has 0 aliphatic heterocycles. The van der Waals surface area contributed by atoms with Crippen molar-refractivity contribution in [3.05, 3.63) is 63.0 Å². The van der Waals surface area contributed by atoms with Crippen LogP contribution in [-0.4, -0.2) is 17.9 Å². The SMILES string of the molecule is COc1ccc(C)cc1Nc1nc(N)c(C(=O)c2cc(C)c(C)cc2C)s1. The van der Waals surface area contributed by atoms with Crippen molar-refractivity contribution in [2.45, 2.75) is 27.7 Å². The fourth-order valence-corrected chi connectivity index (χ4v) is 3.76. The summed E-state index contributed by atoms with van der Waals surface area (Å²) in [5.74, 6) is 0.832. The Morgan fingerprint density at radius 1 is 1.07 bits per heavy atom. The number of nitrogen functional groups attached to an aromatic ring is 1. The van der Waals surface area contributed by atoms with Crippen LogP contribution in [0.15, 0.2) is 30.3 Å². The first-order valence-electron chi connectivity index (χ1n) is 8.60. The molecular weight excluding hydrogens is 358 g/mol. The third kappa shape index (κ3) is 3.80. The largest absolute Gasteiger partial charge is 0.495 e. The van der Waals surface area contributed by atoms with E-state index >= 15 is 0 Å². The number of carbonyl (C=O) groups is 1. The molecule has 0 bridgehead atoms. The Labute approximate surface area is 163 Å². The Balaban J connectivity index is 1.95. The van der Waals surface area contributed by atoms with Gasteiger partial charge < -0.3 is 15.8 Å². The average Bonchev–Trinajstić information content (AvgIpc) is 2.98. The Morgan fingerprint density at radius 2 is 1.78 bits per heavy atom. The third-order valence-electron chi connectivity index (χ3n) is 4.54. The summed E-state index contributed by atoms with van der Waals surface area (Å²) in [6.07, 6.45) is 0. The van der Waals surface area contributed by atoms with Crippen molar-refractivity contribution < 1.29 is 9.53 Å². The molecule has 0 unspecified atom stereocenters. The zero-order valence-electron chi connectivity index (χ0n) is 16.1. The van der Waals surface area contributed by atoms with Crippen LogP contribution < -0.4 is 15.8 Å². The fourth-order valence-electron chi connectivity index (χ4n) is 2.91. The number of nitrogens with one attached hydrogen (secondary N) is 1. The number of aryl methyl sites for hydroxylation is 4. The lowest BCUT2D eigenvalue weighted by molar-refractivity contribution is 0.104. The number of rotatable bonds is 5. The first kappa shape index (κ1) is 18.9. The van der Waals surface area contributed by atoms with Gasteiger partial charge >= 0.3 is 0 Å². The van der Waals surface area contributed by atoms with Crippen molar-refractivity contribution in [3.8, 4) is 5.75 Å². The Bertz CT molecular complexity index is 1020. The van der Waals surface area contributed by atoms with Gasteiger partial charge in [0.15, 0.2) is 5.13 Å². The average molecular weight is 382 g/mol. The standard InChI is InChI=1S/C21H23N3O2S/c1-11-6-7-17(26-5)16(8-11)23-21-24-20(22)19(27-21)18(25)15-10-13(3)12(2)9-14(15)4/h6-10H,22H2,1-5H3,(H,23,24). The zero-order valence-corrected chi connectivity index (χ0v) is 17.0. The van der Waals surface area contributed by atoms with Gasteiger partial charge in [-0.3, -0.25) is 4.79 Å². The zero-order chi connectivity index (χ0) is 19.7. The van der Waals surface area contributed by atoms with Crippen molar-refractivity contribution in [1.29, 1.82) is 0 Å². The molecule has 140 valence electrons. The normalized spacial score (nSPS) is 10.7. The Hall–Kier alpha value is -2.86. The number of ketones is 1. The van der Waals surface area contributed by atoms with E-state index in [4.69, 9.17) is 10.5 Å². The second-order valence-corrected chi connectivity index (χ2v) is 7.64. The second-order valence-electron chi connectivity index (χ2n) is 6.64. The van der Waals surface area contributed by atoms with E-state index in [1.807, 2.05) is 58.0 Å². The van der Waals surface area contributed by atoms with E-state index in [1.165, 1.54) is 11.3 Å². The molecule has 0 aliphatic rings. The summed E-state index contributed by atoms with van der Waals surface area (Å²) in [7, 11) is 1.61. The molecule has 2 aromatic carbocycles. The van der Waals surface area contributed by atoms with Gasteiger partial charge in [0.1, 0.15) is 16.4 Å². The van der Waals surface area contributed by atoms with Crippen molar-refractivity contribution >= 4 is 33.8 Å². The number of hydrogen-bond donors (Lipinski definition) is 2. The maximum absolute atomic E-state index is 13.0. The van der Waals surface area contributed by atoms with Gasteiger partial charge in [0.2, 0.25) is 5.78 Å². The predicted octanol–water partition coefficient (Wildman–Crippen LogP) is 4.94. The van der Waals surface area contributed by atoms with Crippen LogP contribution in [0.5, 0.6) is 5.75 Å². The van der Waals surface area contributed by atoms with Crippen LogP contribution in [-0.2, 0) is 0 Å². The third-order valence-corrected chi connectivity index (χ3v) is 5.53. The fraction of sp³-hybridized carbons (Fsp3) is 0.238. The summed E-state index contributed by atoms with van der Waals surface area (Å²) in [6.45, 7) is 7.97. The molecule has 3 rings (SSSR count). The minimum absolute atomic E-state index is 0.102. The number of carbonyl (C=O) groups excluding carboxylic acids is 1. The Kier molecular flexibility index (Phi) is 5.19. The summed E-state index contributed by atoms with van der Waals surface area (Å²) < 4.78 is 5.38. The molecule has 0 fully saturated rings. The second kappa shape index (κ2) is 7.40. The number of anilines is 3. The summed E-state index contributed by atoms with van der Waals surface area (Å²) in [4.78, 5) is 17.8. The number of thiazole rings is 1. The molecular formula is C21H23N3O2S. The highest BCUT2D eigenvalue weighted by Gasteiger charge is 2.20. The highest BCUT2D eigenvalue weighted by molar-refractivity contribution is 7.18. The van der Waals surface area contributed by atoms with E-state index in [2.05, 4.69) is 10.3 Å². The van der Waals surface area contributed by atoms with E-state index in [-0.39, 0.29) is 11.6 Å². The molecule has 3 N–H and O–H groups in total. The predicted molar refractivity (Wildman–Crippen MR) is 112 cm³/mol. The molecule has 1 heterocycles. The highest BCUT2D eigenvalue weighted by Crippen LogP contribution is 2.34. The van der Waals surface area contributed by atoms with Gasteiger partial charge in [-0.1, -0.05) is 23.5 Å². The molecule has 0 radical (unpaired) electrons.